The third-order valence-electron chi connectivity index (χ3n) is 1.79. The fourth-order valence-electron chi connectivity index (χ4n) is 0.877. The standard InChI is InChI=1S/C9H19N3O2.C2HF3O2/c1-2-7-14-8(13)5-3-4-6-12-9(10)11;3-2(4,5)1(6)7/h2-7H2,1H3,(H4,10,11,12);(H,6,7). The van der Waals surface area contributed by atoms with Gasteiger partial charge in [0, 0.05) is 13.0 Å². The van der Waals surface area contributed by atoms with Crippen LogP contribution in [0.1, 0.15) is 32.6 Å². The van der Waals surface area contributed by atoms with Gasteiger partial charge in [0.15, 0.2) is 5.96 Å². The number of nitrogens with zero attached hydrogens (tertiary/aromatic N) is 1. The second-order valence-corrected chi connectivity index (χ2v) is 3.79. The molecule has 0 aliphatic rings. The summed E-state index contributed by atoms with van der Waals surface area (Å²) in [6.07, 6.45) is -2.21. The molecule has 0 aromatic rings. The summed E-state index contributed by atoms with van der Waals surface area (Å²) in [7, 11) is 0. The molecule has 21 heavy (non-hydrogen) atoms. The Morgan fingerprint density at radius 3 is 2.14 bits per heavy atom. The van der Waals surface area contributed by atoms with E-state index in [0.29, 0.717) is 19.6 Å². The van der Waals surface area contributed by atoms with Crippen molar-refractivity contribution in [2.24, 2.45) is 16.5 Å². The van der Waals surface area contributed by atoms with Gasteiger partial charge in [-0.1, -0.05) is 6.92 Å². The van der Waals surface area contributed by atoms with Gasteiger partial charge in [-0.2, -0.15) is 13.2 Å². The third kappa shape index (κ3) is 18.0. The maximum absolute atomic E-state index is 11.0. The third-order valence-corrected chi connectivity index (χ3v) is 1.79. The zero-order valence-corrected chi connectivity index (χ0v) is 11.7. The lowest BCUT2D eigenvalue weighted by Gasteiger charge is -2.01. The summed E-state index contributed by atoms with van der Waals surface area (Å²) >= 11 is 0. The first-order chi connectivity index (χ1) is 9.61. The molecule has 0 saturated carbocycles. The number of aliphatic carboxylic acids is 1. The number of aliphatic imine (C=N–C) groups is 1. The van der Waals surface area contributed by atoms with E-state index in [-0.39, 0.29) is 11.9 Å². The number of guanidine groups is 1. The van der Waals surface area contributed by atoms with Crippen molar-refractivity contribution >= 4 is 17.9 Å². The fourth-order valence-corrected chi connectivity index (χ4v) is 0.877. The second kappa shape index (κ2) is 11.8. The SMILES string of the molecule is CCCOC(=O)CCCCN=C(N)N.O=C(O)C(F)(F)F. The van der Waals surface area contributed by atoms with Gasteiger partial charge in [-0.15, -0.1) is 0 Å². The summed E-state index contributed by atoms with van der Waals surface area (Å²) in [6, 6.07) is 0. The van der Waals surface area contributed by atoms with E-state index in [0.717, 1.165) is 19.3 Å². The molecule has 0 fully saturated rings. The van der Waals surface area contributed by atoms with E-state index < -0.39 is 12.1 Å². The van der Waals surface area contributed by atoms with E-state index in [1.165, 1.54) is 0 Å². The summed E-state index contributed by atoms with van der Waals surface area (Å²) in [5.41, 5.74) is 10.3. The van der Waals surface area contributed by atoms with Gasteiger partial charge in [0.05, 0.1) is 6.61 Å². The highest BCUT2D eigenvalue weighted by molar-refractivity contribution is 5.75. The molecule has 0 aliphatic carbocycles. The molecule has 0 aromatic heterocycles. The topological polar surface area (TPSA) is 128 Å². The Labute approximate surface area is 120 Å². The van der Waals surface area contributed by atoms with Crippen LogP contribution in [0.5, 0.6) is 0 Å². The molecule has 0 bridgehead atoms. The number of ether oxygens (including phenoxy) is 1. The maximum atomic E-state index is 11.0. The quantitative estimate of drug-likeness (QED) is 0.278. The van der Waals surface area contributed by atoms with Gasteiger partial charge >= 0.3 is 18.1 Å². The van der Waals surface area contributed by atoms with Crippen LogP contribution in [0.2, 0.25) is 0 Å². The van der Waals surface area contributed by atoms with E-state index in [1.807, 2.05) is 6.92 Å². The molecule has 124 valence electrons. The van der Waals surface area contributed by atoms with Crippen LogP contribution in [0, 0.1) is 0 Å². The summed E-state index contributed by atoms with van der Waals surface area (Å²) < 4.78 is 36.6. The number of nitrogens with two attached hydrogens (primary N) is 2. The first-order valence-corrected chi connectivity index (χ1v) is 6.12. The Morgan fingerprint density at radius 1 is 1.24 bits per heavy atom. The van der Waals surface area contributed by atoms with E-state index >= 15 is 0 Å². The average Bonchev–Trinajstić information content (AvgIpc) is 2.35. The van der Waals surface area contributed by atoms with Crippen molar-refractivity contribution in [2.75, 3.05) is 13.2 Å². The zero-order chi connectivity index (χ0) is 16.9. The van der Waals surface area contributed by atoms with Crippen LogP contribution in [-0.2, 0) is 14.3 Å². The van der Waals surface area contributed by atoms with Crippen LogP contribution in [0.4, 0.5) is 13.2 Å². The average molecular weight is 315 g/mol. The molecule has 0 spiro atoms. The van der Waals surface area contributed by atoms with Gasteiger partial charge in [-0.3, -0.25) is 9.79 Å². The van der Waals surface area contributed by atoms with Crippen LogP contribution >= 0.6 is 0 Å². The number of rotatable bonds is 7. The molecule has 0 saturated heterocycles. The van der Waals surface area contributed by atoms with Gasteiger partial charge < -0.3 is 21.3 Å². The van der Waals surface area contributed by atoms with Crippen LogP contribution < -0.4 is 11.5 Å². The summed E-state index contributed by atoms with van der Waals surface area (Å²) in [5.74, 6) is -2.80. The molecule has 0 atom stereocenters. The smallest absolute Gasteiger partial charge is 0.475 e. The van der Waals surface area contributed by atoms with Crippen molar-refractivity contribution in [3.63, 3.8) is 0 Å². The number of unbranched alkanes of at least 4 members (excludes halogenated alkanes) is 1. The summed E-state index contributed by atoms with van der Waals surface area (Å²) in [4.78, 5) is 23.7. The first kappa shape index (κ1) is 21.3. The molecular formula is C11H20F3N3O4. The van der Waals surface area contributed by atoms with E-state index in [1.54, 1.807) is 0 Å². The summed E-state index contributed by atoms with van der Waals surface area (Å²) in [5, 5.41) is 7.12. The molecule has 5 N–H and O–H groups in total. The second-order valence-electron chi connectivity index (χ2n) is 3.79. The molecular weight excluding hydrogens is 295 g/mol. The lowest BCUT2D eigenvalue weighted by molar-refractivity contribution is -0.192. The minimum Gasteiger partial charge on any atom is -0.475 e. The number of alkyl halides is 3. The number of carbonyl (C=O) groups is 2. The van der Waals surface area contributed by atoms with E-state index in [2.05, 4.69) is 4.99 Å². The Kier molecular flexibility index (Phi) is 12.0. The fraction of sp³-hybridized carbons (Fsp3) is 0.727. The lowest BCUT2D eigenvalue weighted by Crippen LogP contribution is -2.22. The van der Waals surface area contributed by atoms with Crippen molar-refractivity contribution in [3.8, 4) is 0 Å². The number of carbonyl (C=O) groups excluding carboxylic acids is 1. The van der Waals surface area contributed by atoms with Gasteiger partial charge in [-0.05, 0) is 19.3 Å². The van der Waals surface area contributed by atoms with Gasteiger partial charge in [0.25, 0.3) is 0 Å². The maximum Gasteiger partial charge on any atom is 0.490 e. The monoisotopic (exact) mass is 315 g/mol. The van der Waals surface area contributed by atoms with Crippen molar-refractivity contribution < 1.29 is 32.6 Å². The Bertz CT molecular complexity index is 342. The molecule has 0 heterocycles. The highest BCUT2D eigenvalue weighted by Crippen LogP contribution is 2.13. The number of carboxylic acids is 1. The summed E-state index contributed by atoms with van der Waals surface area (Å²) in [6.45, 7) is 3.04. The van der Waals surface area contributed by atoms with Crippen molar-refractivity contribution in [3.05, 3.63) is 0 Å². The first-order valence-electron chi connectivity index (χ1n) is 6.12. The number of hydrogen-bond donors (Lipinski definition) is 3. The molecule has 0 unspecified atom stereocenters. The molecule has 0 aromatic carbocycles. The Hall–Kier alpha value is -2.00. The van der Waals surface area contributed by atoms with Crippen LogP contribution in [0.3, 0.4) is 0 Å². The van der Waals surface area contributed by atoms with E-state index in [4.69, 9.17) is 26.1 Å². The van der Waals surface area contributed by atoms with Gasteiger partial charge in [0.2, 0.25) is 0 Å². The highest BCUT2D eigenvalue weighted by Gasteiger charge is 2.38. The largest absolute Gasteiger partial charge is 0.490 e. The molecule has 0 radical (unpaired) electrons. The molecule has 10 heteroatoms. The molecule has 0 aliphatic heterocycles. The van der Waals surface area contributed by atoms with Gasteiger partial charge in [0.1, 0.15) is 0 Å². The molecule has 0 amide bonds. The van der Waals surface area contributed by atoms with Crippen molar-refractivity contribution in [2.45, 2.75) is 38.8 Å². The minimum absolute atomic E-state index is 0.0959. The van der Waals surface area contributed by atoms with E-state index in [9.17, 15) is 18.0 Å². The predicted molar refractivity (Wildman–Crippen MR) is 69.5 cm³/mol. The van der Waals surface area contributed by atoms with Crippen LogP contribution in [-0.4, -0.2) is 42.3 Å². The number of carboxylic acid groups (broad SMARTS) is 1. The lowest BCUT2D eigenvalue weighted by atomic mass is 10.2. The predicted octanol–water partition coefficient (Wildman–Crippen LogP) is 1.02. The zero-order valence-electron chi connectivity index (χ0n) is 11.7. The minimum atomic E-state index is -5.08. The highest BCUT2D eigenvalue weighted by atomic mass is 19.4. The normalized spacial score (nSPS) is 10.1. The number of halogens is 3. The van der Waals surface area contributed by atoms with Gasteiger partial charge in [-0.25, -0.2) is 4.79 Å². The Balaban J connectivity index is 0. The van der Waals surface area contributed by atoms with Crippen molar-refractivity contribution in [1.29, 1.82) is 0 Å². The molecule has 0 rings (SSSR count). The Morgan fingerprint density at radius 2 is 1.76 bits per heavy atom. The number of esters is 1. The number of hydrogen-bond acceptors (Lipinski definition) is 4. The molecule has 7 nitrogen and oxygen atoms in total. The van der Waals surface area contributed by atoms with Crippen LogP contribution in [0.25, 0.3) is 0 Å². The van der Waals surface area contributed by atoms with Crippen LogP contribution in [0.15, 0.2) is 4.99 Å². The van der Waals surface area contributed by atoms with Crippen molar-refractivity contribution in [1.82, 2.24) is 0 Å².